The highest BCUT2D eigenvalue weighted by molar-refractivity contribution is 9.11. The van der Waals surface area contributed by atoms with E-state index in [9.17, 15) is 10.1 Å². The highest BCUT2D eigenvalue weighted by Crippen LogP contribution is 2.32. The Bertz CT molecular complexity index is 692. The monoisotopic (exact) mass is 476 g/mol. The van der Waals surface area contributed by atoms with Crippen molar-refractivity contribution in [2.24, 2.45) is 0 Å². The molecule has 1 atom stereocenters. The third-order valence-corrected chi connectivity index (χ3v) is 4.81. The fourth-order valence-corrected chi connectivity index (χ4v) is 3.70. The van der Waals surface area contributed by atoms with Crippen LogP contribution < -0.4 is 5.32 Å². The van der Waals surface area contributed by atoms with E-state index in [1.807, 2.05) is 25.1 Å². The van der Waals surface area contributed by atoms with Crippen LogP contribution in [0.2, 0.25) is 0 Å². The Morgan fingerprint density at radius 1 is 1.10 bits per heavy atom. The van der Waals surface area contributed by atoms with Gasteiger partial charge in [0, 0.05) is 26.7 Å². The third kappa shape index (κ3) is 4.05. The van der Waals surface area contributed by atoms with E-state index in [4.69, 9.17) is 0 Å². The lowest BCUT2D eigenvalue weighted by Gasteiger charge is -2.17. The second kappa shape index (κ2) is 6.89. The van der Waals surface area contributed by atoms with E-state index in [0.717, 1.165) is 14.5 Å². The van der Waals surface area contributed by atoms with Gasteiger partial charge in [0.15, 0.2) is 0 Å². The quantitative estimate of drug-likeness (QED) is 0.429. The zero-order valence-electron chi connectivity index (χ0n) is 10.9. The maximum absolute atomic E-state index is 11.0. The molecule has 0 heterocycles. The molecule has 0 saturated heterocycles. The Labute approximate surface area is 147 Å². The van der Waals surface area contributed by atoms with Gasteiger partial charge in [-0.25, -0.2) is 0 Å². The number of benzene rings is 2. The van der Waals surface area contributed by atoms with Crippen LogP contribution in [0.5, 0.6) is 0 Å². The van der Waals surface area contributed by atoms with Gasteiger partial charge in [-0.3, -0.25) is 10.1 Å². The van der Waals surface area contributed by atoms with Crippen LogP contribution in [0.4, 0.5) is 11.4 Å². The van der Waals surface area contributed by atoms with E-state index >= 15 is 0 Å². The Balaban J connectivity index is 2.25. The van der Waals surface area contributed by atoms with Crippen LogP contribution in [0, 0.1) is 10.1 Å². The number of nitro groups is 1. The van der Waals surface area contributed by atoms with Crippen LogP contribution in [-0.2, 0) is 0 Å². The minimum absolute atomic E-state index is 0.00764. The number of nitrogens with one attached hydrogen (secondary N) is 1. The molecule has 0 aliphatic rings. The summed E-state index contributed by atoms with van der Waals surface area (Å²) in [5, 5.41) is 14.2. The molecule has 0 aliphatic heterocycles. The van der Waals surface area contributed by atoms with E-state index in [1.54, 1.807) is 12.1 Å². The SMILES string of the molecule is CC(Nc1ccc(Br)c([N+](=O)[O-])c1)c1ccc(Br)cc1Br. The fourth-order valence-electron chi connectivity index (χ4n) is 1.92. The van der Waals surface area contributed by atoms with Gasteiger partial charge in [0.25, 0.3) is 5.69 Å². The van der Waals surface area contributed by atoms with Gasteiger partial charge in [0.1, 0.15) is 0 Å². The first kappa shape index (κ1) is 16.5. The van der Waals surface area contributed by atoms with Crippen molar-refractivity contribution in [3.63, 3.8) is 0 Å². The molecule has 21 heavy (non-hydrogen) atoms. The first-order valence-corrected chi connectivity index (χ1v) is 8.42. The Morgan fingerprint density at radius 3 is 2.43 bits per heavy atom. The molecule has 0 saturated carbocycles. The van der Waals surface area contributed by atoms with Gasteiger partial charge in [-0.05, 0) is 52.7 Å². The molecule has 0 aromatic heterocycles. The first-order valence-electron chi connectivity index (χ1n) is 6.04. The molecule has 0 fully saturated rings. The van der Waals surface area contributed by atoms with Gasteiger partial charge in [-0.15, -0.1) is 0 Å². The molecule has 7 heteroatoms. The van der Waals surface area contributed by atoms with Crippen LogP contribution >= 0.6 is 47.8 Å². The summed E-state index contributed by atoms with van der Waals surface area (Å²) in [4.78, 5) is 10.5. The zero-order valence-corrected chi connectivity index (χ0v) is 15.7. The summed E-state index contributed by atoms with van der Waals surface area (Å²) < 4.78 is 2.43. The summed E-state index contributed by atoms with van der Waals surface area (Å²) in [5.74, 6) is 0. The smallest absolute Gasteiger partial charge is 0.285 e. The molecule has 1 N–H and O–H groups in total. The van der Waals surface area contributed by atoms with Gasteiger partial charge in [0.2, 0.25) is 0 Å². The van der Waals surface area contributed by atoms with Crippen molar-refractivity contribution in [2.75, 3.05) is 5.32 Å². The van der Waals surface area contributed by atoms with Gasteiger partial charge in [-0.2, -0.15) is 0 Å². The largest absolute Gasteiger partial charge is 0.378 e. The van der Waals surface area contributed by atoms with Crippen LogP contribution in [0.1, 0.15) is 18.5 Å². The number of nitro benzene ring substituents is 1. The van der Waals surface area contributed by atoms with Crippen LogP contribution in [0.3, 0.4) is 0 Å². The lowest BCUT2D eigenvalue weighted by Crippen LogP contribution is -2.07. The predicted octanol–water partition coefficient (Wildman–Crippen LogP) is 6.06. The van der Waals surface area contributed by atoms with E-state index in [2.05, 4.69) is 53.1 Å². The summed E-state index contributed by atoms with van der Waals surface area (Å²) in [7, 11) is 0. The van der Waals surface area contributed by atoms with Crippen molar-refractivity contribution in [1.82, 2.24) is 0 Å². The second-order valence-electron chi connectivity index (χ2n) is 4.46. The standard InChI is InChI=1S/C14H11Br3N2O2/c1-8(11-4-2-9(15)6-13(11)17)18-10-3-5-12(16)14(7-10)19(20)21/h2-8,18H,1H3. The lowest BCUT2D eigenvalue weighted by atomic mass is 10.1. The fraction of sp³-hybridized carbons (Fsp3) is 0.143. The summed E-state index contributed by atoms with van der Waals surface area (Å²) in [6.07, 6.45) is 0. The Hall–Kier alpha value is -0.920. The molecule has 0 bridgehead atoms. The van der Waals surface area contributed by atoms with Crippen LogP contribution in [0.15, 0.2) is 49.8 Å². The maximum Gasteiger partial charge on any atom is 0.285 e. The molecule has 0 spiro atoms. The minimum Gasteiger partial charge on any atom is -0.378 e. The maximum atomic E-state index is 11.0. The molecular weight excluding hydrogens is 468 g/mol. The zero-order chi connectivity index (χ0) is 15.6. The summed E-state index contributed by atoms with van der Waals surface area (Å²) in [6.45, 7) is 2.00. The van der Waals surface area contributed by atoms with Crippen LogP contribution in [0.25, 0.3) is 0 Å². The van der Waals surface area contributed by atoms with E-state index in [-0.39, 0.29) is 11.7 Å². The second-order valence-corrected chi connectivity index (χ2v) is 7.08. The summed E-state index contributed by atoms with van der Waals surface area (Å²) in [5.41, 5.74) is 1.82. The summed E-state index contributed by atoms with van der Waals surface area (Å²) in [6, 6.07) is 10.9. The molecular formula is C14H11Br3N2O2. The Kier molecular flexibility index (Phi) is 5.40. The average Bonchev–Trinajstić information content (AvgIpc) is 2.40. The van der Waals surface area contributed by atoms with Crippen molar-refractivity contribution in [3.05, 3.63) is 65.5 Å². The molecule has 0 amide bonds. The minimum atomic E-state index is -0.407. The van der Waals surface area contributed by atoms with Crippen molar-refractivity contribution in [1.29, 1.82) is 0 Å². The highest BCUT2D eigenvalue weighted by Gasteiger charge is 2.15. The number of hydrogen-bond acceptors (Lipinski definition) is 3. The average molecular weight is 479 g/mol. The number of nitrogens with zero attached hydrogens (tertiary/aromatic N) is 1. The molecule has 2 aromatic rings. The van der Waals surface area contributed by atoms with Crippen LogP contribution in [-0.4, -0.2) is 4.92 Å². The molecule has 1 unspecified atom stereocenters. The lowest BCUT2D eigenvalue weighted by molar-refractivity contribution is -0.385. The molecule has 0 aliphatic carbocycles. The van der Waals surface area contributed by atoms with Crippen molar-refractivity contribution in [3.8, 4) is 0 Å². The number of rotatable bonds is 4. The predicted molar refractivity (Wildman–Crippen MR) is 94.7 cm³/mol. The number of halogens is 3. The van der Waals surface area contributed by atoms with Gasteiger partial charge in [0.05, 0.1) is 9.40 Å². The van der Waals surface area contributed by atoms with E-state index in [1.165, 1.54) is 6.07 Å². The molecule has 4 nitrogen and oxygen atoms in total. The molecule has 0 radical (unpaired) electrons. The number of anilines is 1. The third-order valence-electron chi connectivity index (χ3n) is 2.96. The number of hydrogen-bond donors (Lipinski definition) is 1. The normalized spacial score (nSPS) is 12.0. The van der Waals surface area contributed by atoms with Crippen molar-refractivity contribution < 1.29 is 4.92 Å². The molecule has 2 rings (SSSR count). The van der Waals surface area contributed by atoms with Gasteiger partial charge in [-0.1, -0.05) is 37.9 Å². The van der Waals surface area contributed by atoms with E-state index in [0.29, 0.717) is 10.2 Å². The molecule has 110 valence electrons. The van der Waals surface area contributed by atoms with E-state index < -0.39 is 4.92 Å². The topological polar surface area (TPSA) is 55.2 Å². The molecule has 2 aromatic carbocycles. The van der Waals surface area contributed by atoms with Crippen molar-refractivity contribution >= 4 is 59.2 Å². The van der Waals surface area contributed by atoms with Crippen molar-refractivity contribution in [2.45, 2.75) is 13.0 Å². The Morgan fingerprint density at radius 2 is 1.81 bits per heavy atom. The van der Waals surface area contributed by atoms with Gasteiger partial charge < -0.3 is 5.32 Å². The van der Waals surface area contributed by atoms with Gasteiger partial charge >= 0.3 is 0 Å². The highest BCUT2D eigenvalue weighted by atomic mass is 79.9. The first-order chi connectivity index (χ1) is 9.88. The summed E-state index contributed by atoms with van der Waals surface area (Å²) >= 11 is 10.1.